The molecule has 0 amide bonds. The molecule has 2 heterocycles. The van der Waals surface area contributed by atoms with E-state index in [0.29, 0.717) is 41.1 Å². The van der Waals surface area contributed by atoms with Crippen molar-refractivity contribution in [2.24, 2.45) is 0 Å². The molecule has 0 radical (unpaired) electrons. The number of amidine groups is 1. The number of aliphatic hydroxyl groups excluding tert-OH is 1. The number of benzene rings is 1. The third-order valence-corrected chi connectivity index (χ3v) is 4.93. The third kappa shape index (κ3) is 3.45. The van der Waals surface area contributed by atoms with Crippen molar-refractivity contribution < 1.29 is 9.84 Å². The fourth-order valence-corrected chi connectivity index (χ4v) is 3.61. The lowest BCUT2D eigenvalue weighted by atomic mass is 10.2. The van der Waals surface area contributed by atoms with Gasteiger partial charge in [0.15, 0.2) is 0 Å². The largest absolute Gasteiger partial charge is 0.510 e. The lowest BCUT2D eigenvalue weighted by Gasteiger charge is -2.17. The summed E-state index contributed by atoms with van der Waals surface area (Å²) in [6.45, 7) is 1.67. The smallest absolute Gasteiger partial charge is 0.135 e. The maximum Gasteiger partial charge on any atom is 0.135 e. The Bertz CT molecular complexity index is 770. The van der Waals surface area contributed by atoms with Crippen LogP contribution >= 0.6 is 22.9 Å². The van der Waals surface area contributed by atoms with Crippen LogP contribution in [0.25, 0.3) is 16.8 Å². The van der Waals surface area contributed by atoms with Gasteiger partial charge in [-0.25, -0.2) is 4.98 Å². The Morgan fingerprint density at radius 3 is 2.83 bits per heavy atom. The first kappa shape index (κ1) is 17.0. The number of ether oxygens (including phenoxy) is 1. The zero-order chi connectivity index (χ0) is 17.1. The molecule has 2 aromatic rings. The van der Waals surface area contributed by atoms with Crippen molar-refractivity contribution in [1.29, 1.82) is 5.41 Å². The Morgan fingerprint density at radius 1 is 1.38 bits per heavy atom. The summed E-state index contributed by atoms with van der Waals surface area (Å²) in [6.07, 6.45) is 0.813. The van der Waals surface area contributed by atoms with Gasteiger partial charge in [0.25, 0.3) is 0 Å². The van der Waals surface area contributed by atoms with Crippen LogP contribution in [0.15, 0.2) is 35.4 Å². The molecule has 0 saturated heterocycles. The number of aliphatic hydroxyl groups is 1. The van der Waals surface area contributed by atoms with Crippen molar-refractivity contribution in [3.63, 3.8) is 0 Å². The Kier molecular flexibility index (Phi) is 5.18. The number of rotatable bonds is 6. The van der Waals surface area contributed by atoms with Crippen LogP contribution in [0.3, 0.4) is 0 Å². The van der Waals surface area contributed by atoms with Gasteiger partial charge in [-0.2, -0.15) is 0 Å². The minimum Gasteiger partial charge on any atom is -0.510 e. The molecule has 0 saturated carbocycles. The van der Waals surface area contributed by atoms with E-state index in [9.17, 15) is 5.11 Å². The maximum absolute atomic E-state index is 10.3. The molecule has 0 unspecified atom stereocenters. The first-order valence-corrected chi connectivity index (χ1v) is 8.82. The maximum atomic E-state index is 10.3. The van der Waals surface area contributed by atoms with Crippen LogP contribution in [0.4, 0.5) is 0 Å². The van der Waals surface area contributed by atoms with Crippen LogP contribution in [0.5, 0.6) is 0 Å². The van der Waals surface area contributed by atoms with Crippen molar-refractivity contribution in [1.82, 2.24) is 9.88 Å². The van der Waals surface area contributed by atoms with Crippen molar-refractivity contribution in [3.05, 3.63) is 45.4 Å². The van der Waals surface area contributed by atoms with Crippen LogP contribution in [-0.4, -0.2) is 47.6 Å². The molecule has 5 nitrogen and oxygen atoms in total. The van der Waals surface area contributed by atoms with Crippen molar-refractivity contribution in [2.45, 2.75) is 6.42 Å². The Hall–Kier alpha value is -1.89. The predicted molar refractivity (Wildman–Crippen MR) is 97.9 cm³/mol. The number of nitrogens with zero attached hydrogens (tertiary/aromatic N) is 2. The lowest BCUT2D eigenvalue weighted by Crippen LogP contribution is -2.28. The second kappa shape index (κ2) is 7.34. The van der Waals surface area contributed by atoms with Crippen LogP contribution in [0, 0.1) is 5.41 Å². The van der Waals surface area contributed by atoms with Crippen LogP contribution in [0.1, 0.15) is 11.4 Å². The quantitative estimate of drug-likeness (QED) is 0.759. The van der Waals surface area contributed by atoms with Gasteiger partial charge in [0.05, 0.1) is 17.8 Å². The Labute approximate surface area is 149 Å². The highest BCUT2D eigenvalue weighted by Gasteiger charge is 2.29. The van der Waals surface area contributed by atoms with Gasteiger partial charge in [-0.1, -0.05) is 23.7 Å². The van der Waals surface area contributed by atoms with Crippen LogP contribution < -0.4 is 0 Å². The fourth-order valence-electron chi connectivity index (χ4n) is 2.59. The molecule has 0 aliphatic carbocycles. The molecular weight excluding hydrogens is 346 g/mol. The summed E-state index contributed by atoms with van der Waals surface area (Å²) in [5, 5.41) is 21.9. The molecule has 0 bridgehead atoms. The van der Waals surface area contributed by atoms with Gasteiger partial charge in [-0.3, -0.25) is 5.41 Å². The summed E-state index contributed by atoms with van der Waals surface area (Å²) in [4.78, 5) is 6.43. The Balaban J connectivity index is 1.78. The number of nitrogens with one attached hydrogen (secondary N) is 1. The van der Waals surface area contributed by atoms with E-state index >= 15 is 0 Å². The van der Waals surface area contributed by atoms with Gasteiger partial charge in [0.1, 0.15) is 16.6 Å². The van der Waals surface area contributed by atoms with E-state index in [4.69, 9.17) is 21.7 Å². The van der Waals surface area contributed by atoms with Crippen LogP contribution in [-0.2, 0) is 4.74 Å². The number of hydrogen-bond donors (Lipinski definition) is 2. The SMILES string of the molecule is COCCCN1CC(O)=C(c2nc(-c3ccc(Cl)cc3)cs2)C1=N. The average Bonchev–Trinajstić information content (AvgIpc) is 3.14. The van der Waals surface area contributed by atoms with Gasteiger partial charge >= 0.3 is 0 Å². The zero-order valence-corrected chi connectivity index (χ0v) is 14.8. The van der Waals surface area contributed by atoms with E-state index in [1.54, 1.807) is 7.11 Å². The van der Waals surface area contributed by atoms with Gasteiger partial charge in [-0.15, -0.1) is 11.3 Å². The van der Waals surface area contributed by atoms with Crippen molar-refractivity contribution in [3.8, 4) is 11.3 Å². The molecule has 0 fully saturated rings. The molecule has 0 atom stereocenters. The minimum atomic E-state index is 0.203. The highest BCUT2D eigenvalue weighted by molar-refractivity contribution is 7.11. The molecule has 1 aromatic carbocycles. The first-order valence-electron chi connectivity index (χ1n) is 7.57. The van der Waals surface area contributed by atoms with E-state index in [1.807, 2.05) is 34.5 Å². The van der Waals surface area contributed by atoms with E-state index in [2.05, 4.69) is 4.98 Å². The van der Waals surface area contributed by atoms with Crippen LogP contribution in [0.2, 0.25) is 5.02 Å². The molecule has 126 valence electrons. The van der Waals surface area contributed by atoms with Gasteiger partial charge < -0.3 is 14.7 Å². The van der Waals surface area contributed by atoms with E-state index in [1.165, 1.54) is 11.3 Å². The van der Waals surface area contributed by atoms with E-state index < -0.39 is 0 Å². The molecule has 1 aromatic heterocycles. The summed E-state index contributed by atoms with van der Waals surface area (Å²) in [5.41, 5.74) is 2.30. The number of halogens is 1. The molecule has 3 rings (SSSR count). The monoisotopic (exact) mass is 363 g/mol. The molecule has 2 N–H and O–H groups in total. The summed E-state index contributed by atoms with van der Waals surface area (Å²) >= 11 is 7.34. The minimum absolute atomic E-state index is 0.203. The summed E-state index contributed by atoms with van der Waals surface area (Å²) in [5.74, 6) is 0.523. The third-order valence-electron chi connectivity index (χ3n) is 3.82. The van der Waals surface area contributed by atoms with Gasteiger partial charge in [-0.05, 0) is 18.6 Å². The molecule has 1 aliphatic heterocycles. The second-order valence-electron chi connectivity index (χ2n) is 5.48. The van der Waals surface area contributed by atoms with Gasteiger partial charge in [0, 0.05) is 36.2 Å². The summed E-state index contributed by atoms with van der Waals surface area (Å²) in [6, 6.07) is 7.46. The van der Waals surface area contributed by atoms with Crippen molar-refractivity contribution >= 4 is 34.3 Å². The lowest BCUT2D eigenvalue weighted by molar-refractivity contribution is 0.186. The normalized spacial score (nSPS) is 14.8. The molecule has 1 aliphatic rings. The standard InChI is InChI=1S/C17H18ClN3O2S/c1-23-8-2-7-21-9-14(22)15(16(21)19)17-20-13(10-24-17)11-3-5-12(18)6-4-11/h3-6,10,19,22H,2,7-9H2,1H3. The highest BCUT2D eigenvalue weighted by Crippen LogP contribution is 2.32. The molecule has 7 heteroatoms. The summed E-state index contributed by atoms with van der Waals surface area (Å²) < 4.78 is 5.04. The van der Waals surface area contributed by atoms with E-state index in [0.717, 1.165) is 17.7 Å². The van der Waals surface area contributed by atoms with E-state index in [-0.39, 0.29) is 5.76 Å². The molecule has 24 heavy (non-hydrogen) atoms. The topological polar surface area (TPSA) is 69.4 Å². The number of hydrogen-bond acceptors (Lipinski definition) is 5. The summed E-state index contributed by atoms with van der Waals surface area (Å²) in [7, 11) is 1.66. The Morgan fingerprint density at radius 2 is 2.12 bits per heavy atom. The molecule has 0 spiro atoms. The number of thiazole rings is 1. The van der Waals surface area contributed by atoms with Crippen molar-refractivity contribution in [2.75, 3.05) is 26.8 Å². The predicted octanol–water partition coefficient (Wildman–Crippen LogP) is 4.06. The second-order valence-corrected chi connectivity index (χ2v) is 6.78. The number of aromatic nitrogens is 1. The zero-order valence-electron chi connectivity index (χ0n) is 13.3. The van der Waals surface area contributed by atoms with Gasteiger partial charge in [0.2, 0.25) is 0 Å². The molecular formula is C17H18ClN3O2S. The highest BCUT2D eigenvalue weighted by atomic mass is 35.5. The average molecular weight is 364 g/mol. The number of methoxy groups -OCH3 is 1. The first-order chi connectivity index (χ1) is 11.6. The fraction of sp³-hybridized carbons (Fsp3) is 0.294.